The van der Waals surface area contributed by atoms with Crippen LogP contribution < -0.4 is 14.8 Å². The zero-order valence-corrected chi connectivity index (χ0v) is 20.0. The van der Waals surface area contributed by atoms with E-state index in [-0.39, 0.29) is 10.8 Å². The molecule has 1 amide bonds. The second-order valence-electron chi connectivity index (χ2n) is 7.68. The van der Waals surface area contributed by atoms with E-state index in [9.17, 15) is 13.2 Å². The quantitative estimate of drug-likeness (QED) is 0.535. The van der Waals surface area contributed by atoms with E-state index >= 15 is 0 Å². The summed E-state index contributed by atoms with van der Waals surface area (Å²) in [4.78, 5) is 12.5. The van der Waals surface area contributed by atoms with E-state index in [1.54, 1.807) is 31.4 Å². The van der Waals surface area contributed by atoms with Crippen molar-refractivity contribution < 1.29 is 27.4 Å². The molecule has 2 aromatic carbocycles. The molecule has 0 atom stereocenters. The van der Waals surface area contributed by atoms with E-state index in [1.807, 2.05) is 25.1 Å². The number of methoxy groups -OCH3 is 1. The summed E-state index contributed by atoms with van der Waals surface area (Å²) in [6.07, 6.45) is 1.59. The Balaban J connectivity index is 1.44. The van der Waals surface area contributed by atoms with Crippen LogP contribution in [0.3, 0.4) is 0 Å². The molecule has 33 heavy (non-hydrogen) atoms. The van der Waals surface area contributed by atoms with E-state index < -0.39 is 10.0 Å². The SMILES string of the molecule is CCOc1ccc(CCC(=O)NCCc2ccc(S(=O)(=O)N3CCOCC3)cc2)cc1OC. The standard InChI is InChI=1S/C24H32N2O6S/c1-3-32-22-10-6-20(18-23(22)30-2)7-11-24(27)25-13-12-19-4-8-21(9-5-19)33(28,29)26-14-16-31-17-15-26/h4-6,8-10,18H,3,7,11-17H2,1-2H3,(H,25,27). The molecule has 0 saturated carbocycles. The monoisotopic (exact) mass is 476 g/mol. The molecule has 2 aromatic rings. The summed E-state index contributed by atoms with van der Waals surface area (Å²) in [6.45, 7) is 4.55. The first kappa shape index (κ1) is 25.0. The van der Waals surface area contributed by atoms with Crippen molar-refractivity contribution >= 4 is 15.9 Å². The van der Waals surface area contributed by atoms with Gasteiger partial charge in [-0.15, -0.1) is 0 Å². The summed E-state index contributed by atoms with van der Waals surface area (Å²) in [5.74, 6) is 1.32. The van der Waals surface area contributed by atoms with Gasteiger partial charge in [0.05, 0.1) is 31.8 Å². The number of amides is 1. The fraction of sp³-hybridized carbons (Fsp3) is 0.458. The molecule has 1 heterocycles. The summed E-state index contributed by atoms with van der Waals surface area (Å²) in [5, 5.41) is 2.92. The van der Waals surface area contributed by atoms with Crippen molar-refractivity contribution in [3.05, 3.63) is 53.6 Å². The highest BCUT2D eigenvalue weighted by Gasteiger charge is 2.26. The van der Waals surface area contributed by atoms with Gasteiger partial charge in [-0.3, -0.25) is 4.79 Å². The van der Waals surface area contributed by atoms with Crippen LogP contribution in [0.15, 0.2) is 47.4 Å². The summed E-state index contributed by atoms with van der Waals surface area (Å²) < 4.78 is 42.9. The molecule has 0 spiro atoms. The number of rotatable bonds is 11. The van der Waals surface area contributed by atoms with Crippen LogP contribution in [0.4, 0.5) is 0 Å². The Morgan fingerprint density at radius 3 is 2.39 bits per heavy atom. The van der Waals surface area contributed by atoms with Crippen molar-refractivity contribution in [3.8, 4) is 11.5 Å². The second-order valence-corrected chi connectivity index (χ2v) is 9.62. The number of nitrogens with zero attached hydrogens (tertiary/aromatic N) is 1. The molecule has 1 fully saturated rings. The van der Waals surface area contributed by atoms with Gasteiger partial charge in [0, 0.05) is 26.1 Å². The number of benzene rings is 2. The van der Waals surface area contributed by atoms with Gasteiger partial charge in [-0.2, -0.15) is 4.31 Å². The zero-order valence-electron chi connectivity index (χ0n) is 19.2. The van der Waals surface area contributed by atoms with Gasteiger partial charge in [0.1, 0.15) is 0 Å². The van der Waals surface area contributed by atoms with Crippen LogP contribution in [0.25, 0.3) is 0 Å². The number of ether oxygens (including phenoxy) is 3. The lowest BCUT2D eigenvalue weighted by atomic mass is 10.1. The number of carbonyl (C=O) groups is 1. The average Bonchev–Trinajstić information content (AvgIpc) is 2.84. The number of hydrogen-bond acceptors (Lipinski definition) is 6. The molecular weight excluding hydrogens is 444 g/mol. The number of carbonyl (C=O) groups excluding carboxylic acids is 1. The largest absolute Gasteiger partial charge is 0.493 e. The lowest BCUT2D eigenvalue weighted by Gasteiger charge is -2.26. The first-order valence-corrected chi connectivity index (χ1v) is 12.6. The molecular formula is C24H32N2O6S. The van der Waals surface area contributed by atoms with Gasteiger partial charge in [-0.1, -0.05) is 18.2 Å². The highest BCUT2D eigenvalue weighted by molar-refractivity contribution is 7.89. The Hall–Kier alpha value is -2.62. The number of morpholine rings is 1. The van der Waals surface area contributed by atoms with Crippen molar-refractivity contribution in [2.24, 2.45) is 0 Å². The maximum absolute atomic E-state index is 12.7. The van der Waals surface area contributed by atoms with Gasteiger partial charge in [0.15, 0.2) is 11.5 Å². The fourth-order valence-corrected chi connectivity index (χ4v) is 5.01. The maximum Gasteiger partial charge on any atom is 0.243 e. The summed E-state index contributed by atoms with van der Waals surface area (Å²) in [6, 6.07) is 12.5. The number of nitrogens with one attached hydrogen (secondary N) is 1. The van der Waals surface area contributed by atoms with Gasteiger partial charge in [0.2, 0.25) is 15.9 Å². The van der Waals surface area contributed by atoms with Crippen molar-refractivity contribution in [2.75, 3.05) is 46.6 Å². The topological polar surface area (TPSA) is 94.2 Å². The predicted octanol–water partition coefficient (Wildman–Crippen LogP) is 2.41. The van der Waals surface area contributed by atoms with Crippen LogP contribution in [-0.4, -0.2) is 65.2 Å². The summed E-state index contributed by atoms with van der Waals surface area (Å²) in [7, 11) is -1.89. The Morgan fingerprint density at radius 2 is 1.73 bits per heavy atom. The maximum atomic E-state index is 12.7. The highest BCUT2D eigenvalue weighted by atomic mass is 32.2. The highest BCUT2D eigenvalue weighted by Crippen LogP contribution is 2.28. The molecule has 0 radical (unpaired) electrons. The van der Waals surface area contributed by atoms with E-state index in [0.29, 0.717) is 70.2 Å². The van der Waals surface area contributed by atoms with Gasteiger partial charge in [-0.25, -0.2) is 8.42 Å². The Labute approximate surface area is 195 Å². The fourth-order valence-electron chi connectivity index (χ4n) is 3.60. The van der Waals surface area contributed by atoms with Crippen LogP contribution >= 0.6 is 0 Å². The minimum Gasteiger partial charge on any atom is -0.493 e. The van der Waals surface area contributed by atoms with Crippen LogP contribution in [0, 0.1) is 0 Å². The molecule has 0 unspecified atom stereocenters. The molecule has 0 bridgehead atoms. The summed E-state index contributed by atoms with van der Waals surface area (Å²) in [5.41, 5.74) is 1.97. The van der Waals surface area contributed by atoms with E-state index in [4.69, 9.17) is 14.2 Å². The van der Waals surface area contributed by atoms with Crippen molar-refractivity contribution in [1.29, 1.82) is 0 Å². The first-order chi connectivity index (χ1) is 15.9. The first-order valence-electron chi connectivity index (χ1n) is 11.2. The Bertz CT molecular complexity index is 1020. The normalized spacial score (nSPS) is 14.6. The van der Waals surface area contributed by atoms with Crippen molar-refractivity contribution in [2.45, 2.75) is 31.1 Å². The minimum atomic E-state index is -3.49. The smallest absolute Gasteiger partial charge is 0.243 e. The number of sulfonamides is 1. The third-order valence-corrected chi connectivity index (χ3v) is 7.35. The van der Waals surface area contributed by atoms with Crippen molar-refractivity contribution in [3.63, 3.8) is 0 Å². The molecule has 1 saturated heterocycles. The second kappa shape index (κ2) is 12.0. The number of aryl methyl sites for hydroxylation is 1. The van der Waals surface area contributed by atoms with Gasteiger partial charge < -0.3 is 19.5 Å². The molecule has 180 valence electrons. The van der Waals surface area contributed by atoms with Gasteiger partial charge >= 0.3 is 0 Å². The Morgan fingerprint density at radius 1 is 1.03 bits per heavy atom. The average molecular weight is 477 g/mol. The molecule has 8 nitrogen and oxygen atoms in total. The van der Waals surface area contributed by atoms with Crippen LogP contribution in [0.1, 0.15) is 24.5 Å². The number of hydrogen-bond donors (Lipinski definition) is 1. The van der Waals surface area contributed by atoms with Gasteiger partial charge in [-0.05, 0) is 55.2 Å². The lowest BCUT2D eigenvalue weighted by Crippen LogP contribution is -2.40. The van der Waals surface area contributed by atoms with Crippen LogP contribution in [0.5, 0.6) is 11.5 Å². The summed E-state index contributed by atoms with van der Waals surface area (Å²) >= 11 is 0. The van der Waals surface area contributed by atoms with E-state index in [0.717, 1.165) is 11.1 Å². The minimum absolute atomic E-state index is 0.0330. The van der Waals surface area contributed by atoms with E-state index in [2.05, 4.69) is 5.32 Å². The molecule has 9 heteroatoms. The molecule has 0 aromatic heterocycles. The van der Waals surface area contributed by atoms with E-state index in [1.165, 1.54) is 4.31 Å². The molecule has 1 aliphatic rings. The third-order valence-electron chi connectivity index (χ3n) is 5.44. The van der Waals surface area contributed by atoms with Gasteiger partial charge in [0.25, 0.3) is 0 Å². The predicted molar refractivity (Wildman–Crippen MR) is 125 cm³/mol. The van der Waals surface area contributed by atoms with Crippen LogP contribution in [0.2, 0.25) is 0 Å². The van der Waals surface area contributed by atoms with Crippen molar-refractivity contribution in [1.82, 2.24) is 9.62 Å². The zero-order chi connectivity index (χ0) is 23.7. The molecule has 1 aliphatic heterocycles. The molecule has 0 aliphatic carbocycles. The van der Waals surface area contributed by atoms with Crippen LogP contribution in [-0.2, 0) is 32.4 Å². The lowest BCUT2D eigenvalue weighted by molar-refractivity contribution is -0.121. The third kappa shape index (κ3) is 6.93. The Kier molecular flexibility index (Phi) is 9.11. The molecule has 1 N–H and O–H groups in total. The molecule has 3 rings (SSSR count).